The molecule has 6 heteroatoms. The SMILES string of the molecule is CNC(Cc1ccc(F)c(Cl)c1)CS(C)(=O)=O. The van der Waals surface area contributed by atoms with E-state index in [0.717, 1.165) is 5.56 Å². The van der Waals surface area contributed by atoms with Crippen molar-refractivity contribution in [3.05, 3.63) is 34.6 Å². The average molecular weight is 280 g/mol. The number of hydrogen-bond acceptors (Lipinski definition) is 3. The molecule has 1 unspecified atom stereocenters. The van der Waals surface area contributed by atoms with Crippen molar-refractivity contribution in [1.29, 1.82) is 0 Å². The average Bonchev–Trinajstić information content (AvgIpc) is 2.20. The van der Waals surface area contributed by atoms with Gasteiger partial charge in [-0.2, -0.15) is 0 Å². The van der Waals surface area contributed by atoms with Gasteiger partial charge in [0.15, 0.2) is 0 Å². The molecule has 0 saturated carbocycles. The van der Waals surface area contributed by atoms with Crippen molar-refractivity contribution >= 4 is 21.4 Å². The molecule has 1 rings (SSSR count). The molecule has 1 aromatic carbocycles. The summed E-state index contributed by atoms with van der Waals surface area (Å²) in [5, 5.41) is 2.98. The van der Waals surface area contributed by atoms with Gasteiger partial charge in [0.25, 0.3) is 0 Å². The lowest BCUT2D eigenvalue weighted by molar-refractivity contribution is 0.566. The summed E-state index contributed by atoms with van der Waals surface area (Å²) in [5.74, 6) is -0.432. The predicted molar refractivity (Wildman–Crippen MR) is 67.7 cm³/mol. The summed E-state index contributed by atoms with van der Waals surface area (Å²) in [4.78, 5) is 0. The quantitative estimate of drug-likeness (QED) is 0.892. The third-order valence-electron chi connectivity index (χ3n) is 2.38. The van der Waals surface area contributed by atoms with Gasteiger partial charge in [-0.25, -0.2) is 12.8 Å². The number of rotatable bonds is 5. The first kappa shape index (κ1) is 14.4. The van der Waals surface area contributed by atoms with Gasteiger partial charge >= 0.3 is 0 Å². The van der Waals surface area contributed by atoms with Crippen LogP contribution in [0.4, 0.5) is 4.39 Å². The summed E-state index contributed by atoms with van der Waals surface area (Å²) in [5.41, 5.74) is 0.805. The third kappa shape index (κ3) is 5.02. The molecule has 0 aromatic heterocycles. The largest absolute Gasteiger partial charge is 0.316 e. The lowest BCUT2D eigenvalue weighted by Gasteiger charge is -2.15. The Morgan fingerprint density at radius 2 is 2.12 bits per heavy atom. The molecule has 0 aliphatic rings. The van der Waals surface area contributed by atoms with Crippen LogP contribution in [0.2, 0.25) is 5.02 Å². The molecule has 1 atom stereocenters. The second kappa shape index (κ2) is 5.80. The van der Waals surface area contributed by atoms with Gasteiger partial charge in [-0.15, -0.1) is 0 Å². The van der Waals surface area contributed by atoms with Crippen LogP contribution in [0.3, 0.4) is 0 Å². The minimum atomic E-state index is -3.04. The maximum atomic E-state index is 12.9. The highest BCUT2D eigenvalue weighted by Crippen LogP contribution is 2.17. The van der Waals surface area contributed by atoms with Crippen LogP contribution in [0, 0.1) is 5.82 Å². The number of likely N-dealkylation sites (N-methyl/N-ethyl adjacent to an activating group) is 1. The van der Waals surface area contributed by atoms with E-state index in [9.17, 15) is 12.8 Å². The number of benzene rings is 1. The van der Waals surface area contributed by atoms with E-state index in [1.807, 2.05) is 0 Å². The first-order chi connectivity index (χ1) is 7.81. The zero-order chi connectivity index (χ0) is 13.1. The maximum Gasteiger partial charge on any atom is 0.148 e. The zero-order valence-corrected chi connectivity index (χ0v) is 11.3. The monoisotopic (exact) mass is 279 g/mol. The minimum Gasteiger partial charge on any atom is -0.316 e. The summed E-state index contributed by atoms with van der Waals surface area (Å²) in [6, 6.07) is 4.20. The lowest BCUT2D eigenvalue weighted by atomic mass is 10.1. The van der Waals surface area contributed by atoms with E-state index >= 15 is 0 Å². The number of halogens is 2. The third-order valence-corrected chi connectivity index (χ3v) is 3.68. The van der Waals surface area contributed by atoms with Crippen LogP contribution in [0.1, 0.15) is 5.56 Å². The molecule has 96 valence electrons. The highest BCUT2D eigenvalue weighted by atomic mass is 35.5. The Balaban J connectivity index is 2.77. The molecule has 0 aliphatic heterocycles. The molecule has 0 aliphatic carbocycles. The molecule has 0 saturated heterocycles. The fraction of sp³-hybridized carbons (Fsp3) is 0.455. The van der Waals surface area contributed by atoms with Crippen molar-refractivity contribution in [2.45, 2.75) is 12.5 Å². The second-order valence-electron chi connectivity index (χ2n) is 4.03. The Kier molecular flexibility index (Phi) is 4.91. The van der Waals surface area contributed by atoms with E-state index in [2.05, 4.69) is 5.32 Å². The molecule has 0 bridgehead atoms. The molecule has 0 amide bonds. The Bertz CT molecular complexity index is 490. The van der Waals surface area contributed by atoms with Crippen LogP contribution in [-0.2, 0) is 16.3 Å². The minimum absolute atomic E-state index is 0.0402. The Morgan fingerprint density at radius 1 is 1.47 bits per heavy atom. The van der Waals surface area contributed by atoms with Gasteiger partial charge < -0.3 is 5.32 Å². The normalized spacial score (nSPS) is 13.6. The van der Waals surface area contributed by atoms with Gasteiger partial charge in [0, 0.05) is 12.3 Å². The van der Waals surface area contributed by atoms with E-state index < -0.39 is 15.7 Å². The summed E-state index contributed by atoms with van der Waals surface area (Å²) in [7, 11) is -1.35. The molecule has 3 nitrogen and oxygen atoms in total. The van der Waals surface area contributed by atoms with Gasteiger partial charge in [-0.3, -0.25) is 0 Å². The second-order valence-corrected chi connectivity index (χ2v) is 6.62. The highest BCUT2D eigenvalue weighted by Gasteiger charge is 2.14. The van der Waals surface area contributed by atoms with Gasteiger partial charge in [0.2, 0.25) is 0 Å². The van der Waals surface area contributed by atoms with Crippen LogP contribution in [0.5, 0.6) is 0 Å². The summed E-state index contributed by atoms with van der Waals surface area (Å²) in [6.07, 6.45) is 1.68. The Labute approximate surface area is 106 Å². The molecule has 1 N–H and O–H groups in total. The number of sulfone groups is 1. The van der Waals surface area contributed by atoms with E-state index in [1.54, 1.807) is 13.1 Å². The molecular weight excluding hydrogens is 265 g/mol. The van der Waals surface area contributed by atoms with Crippen molar-refractivity contribution in [2.75, 3.05) is 19.1 Å². The lowest BCUT2D eigenvalue weighted by Crippen LogP contribution is -2.34. The number of nitrogens with one attached hydrogen (secondary N) is 1. The highest BCUT2D eigenvalue weighted by molar-refractivity contribution is 7.90. The van der Waals surface area contributed by atoms with Crippen LogP contribution >= 0.6 is 11.6 Å². The summed E-state index contributed by atoms with van der Waals surface area (Å²) < 4.78 is 35.3. The van der Waals surface area contributed by atoms with Crippen molar-refractivity contribution in [3.63, 3.8) is 0 Å². The van der Waals surface area contributed by atoms with Crippen molar-refractivity contribution < 1.29 is 12.8 Å². The van der Waals surface area contributed by atoms with Crippen molar-refractivity contribution in [2.24, 2.45) is 0 Å². The van der Waals surface area contributed by atoms with Crippen LogP contribution in [-0.4, -0.2) is 33.5 Å². The molecule has 0 heterocycles. The molecule has 0 radical (unpaired) electrons. The Morgan fingerprint density at radius 3 is 2.59 bits per heavy atom. The predicted octanol–water partition coefficient (Wildman–Crippen LogP) is 1.65. The first-order valence-corrected chi connectivity index (χ1v) is 7.54. The maximum absolute atomic E-state index is 12.9. The van der Waals surface area contributed by atoms with E-state index in [1.165, 1.54) is 18.4 Å². The molecular formula is C11H15ClFNO2S. The Hall–Kier alpha value is -0.650. The topological polar surface area (TPSA) is 46.2 Å². The molecule has 0 fully saturated rings. The van der Waals surface area contributed by atoms with Gasteiger partial charge in [-0.05, 0) is 31.2 Å². The smallest absolute Gasteiger partial charge is 0.148 e. The summed E-state index contributed by atoms with van der Waals surface area (Å²) >= 11 is 5.66. The van der Waals surface area contributed by atoms with Crippen molar-refractivity contribution in [3.8, 4) is 0 Å². The van der Waals surface area contributed by atoms with Crippen LogP contribution in [0.25, 0.3) is 0 Å². The molecule has 1 aromatic rings. The molecule has 0 spiro atoms. The van der Waals surface area contributed by atoms with Gasteiger partial charge in [-0.1, -0.05) is 17.7 Å². The molecule has 17 heavy (non-hydrogen) atoms. The van der Waals surface area contributed by atoms with E-state index in [0.29, 0.717) is 6.42 Å². The van der Waals surface area contributed by atoms with Gasteiger partial charge in [0.05, 0.1) is 10.8 Å². The first-order valence-electron chi connectivity index (χ1n) is 5.10. The van der Waals surface area contributed by atoms with Crippen LogP contribution in [0.15, 0.2) is 18.2 Å². The zero-order valence-electron chi connectivity index (χ0n) is 9.70. The van der Waals surface area contributed by atoms with Gasteiger partial charge in [0.1, 0.15) is 15.7 Å². The number of hydrogen-bond donors (Lipinski definition) is 1. The fourth-order valence-corrected chi connectivity index (χ4v) is 2.78. The summed E-state index contributed by atoms with van der Waals surface area (Å²) in [6.45, 7) is 0. The van der Waals surface area contributed by atoms with Crippen molar-refractivity contribution in [1.82, 2.24) is 5.32 Å². The van der Waals surface area contributed by atoms with Crippen LogP contribution < -0.4 is 5.32 Å². The fourth-order valence-electron chi connectivity index (χ4n) is 1.56. The van der Waals surface area contributed by atoms with E-state index in [4.69, 9.17) is 11.6 Å². The standard InChI is InChI=1S/C11H15ClFNO2S/c1-14-9(7-17(2,15)16)5-8-3-4-11(13)10(12)6-8/h3-4,6,9,14H,5,7H2,1-2H3. The van der Waals surface area contributed by atoms with E-state index in [-0.39, 0.29) is 16.8 Å².